The highest BCUT2D eigenvalue weighted by atomic mass is 16.6. The fraction of sp³-hybridized carbons (Fsp3) is 0.464. The van der Waals surface area contributed by atoms with Crippen LogP contribution in [0.2, 0.25) is 0 Å². The maximum absolute atomic E-state index is 13.8. The van der Waals surface area contributed by atoms with Gasteiger partial charge in [0, 0.05) is 26.6 Å². The number of esters is 1. The van der Waals surface area contributed by atoms with Gasteiger partial charge in [0.2, 0.25) is 5.91 Å². The van der Waals surface area contributed by atoms with Crippen molar-refractivity contribution in [2.45, 2.75) is 45.1 Å². The Labute approximate surface area is 213 Å². The molecule has 0 saturated carbocycles. The molecule has 0 saturated heterocycles. The molecule has 3 rings (SSSR count). The lowest BCUT2D eigenvalue weighted by atomic mass is 10.0. The van der Waals surface area contributed by atoms with E-state index in [0.29, 0.717) is 37.4 Å². The van der Waals surface area contributed by atoms with Crippen LogP contribution >= 0.6 is 0 Å². The largest absolute Gasteiger partial charge is 0.483 e. The van der Waals surface area contributed by atoms with Crippen LogP contribution < -0.4 is 9.47 Å². The molecular formula is C28H36N2O6. The molecule has 0 radical (unpaired) electrons. The van der Waals surface area contributed by atoms with E-state index in [1.807, 2.05) is 41.3 Å². The first-order valence-corrected chi connectivity index (χ1v) is 12.5. The number of ether oxygens (including phenoxy) is 3. The first kappa shape index (κ1) is 27.0. The Hall–Kier alpha value is -3.55. The summed E-state index contributed by atoms with van der Waals surface area (Å²) in [6, 6.07) is 14.2. The molecule has 0 fully saturated rings. The molecular weight excluding hydrogens is 460 g/mol. The molecule has 2 amide bonds. The van der Waals surface area contributed by atoms with Gasteiger partial charge >= 0.3 is 5.97 Å². The maximum Gasteiger partial charge on any atom is 0.343 e. The Morgan fingerprint density at radius 1 is 1.08 bits per heavy atom. The van der Waals surface area contributed by atoms with E-state index in [9.17, 15) is 14.4 Å². The molecule has 2 aromatic rings. The smallest absolute Gasteiger partial charge is 0.343 e. The van der Waals surface area contributed by atoms with Crippen LogP contribution in [-0.4, -0.2) is 74.1 Å². The summed E-state index contributed by atoms with van der Waals surface area (Å²) in [5.74, 6) is 0.426. The molecule has 36 heavy (non-hydrogen) atoms. The van der Waals surface area contributed by atoms with Gasteiger partial charge in [-0.3, -0.25) is 9.59 Å². The van der Waals surface area contributed by atoms with Crippen LogP contribution in [0.25, 0.3) is 0 Å². The zero-order valence-corrected chi connectivity index (χ0v) is 21.4. The Morgan fingerprint density at radius 2 is 1.83 bits per heavy atom. The summed E-state index contributed by atoms with van der Waals surface area (Å²) in [5, 5.41) is 0. The zero-order chi connectivity index (χ0) is 25.9. The molecule has 0 aliphatic carbocycles. The molecule has 0 unspecified atom stereocenters. The maximum atomic E-state index is 13.8. The van der Waals surface area contributed by atoms with E-state index >= 15 is 0 Å². The van der Waals surface area contributed by atoms with Gasteiger partial charge in [-0.25, -0.2) is 4.79 Å². The number of hydrogen-bond donors (Lipinski definition) is 0. The van der Waals surface area contributed by atoms with Gasteiger partial charge in [0.05, 0.1) is 7.11 Å². The molecule has 1 heterocycles. The number of fused-ring (bicyclic) bond motifs is 1. The van der Waals surface area contributed by atoms with E-state index in [2.05, 4.69) is 11.7 Å². The van der Waals surface area contributed by atoms with E-state index in [-0.39, 0.29) is 25.0 Å². The predicted octanol–water partition coefficient (Wildman–Crippen LogP) is 3.26. The number of hydrogen-bond acceptors (Lipinski definition) is 6. The summed E-state index contributed by atoms with van der Waals surface area (Å²) in [7, 11) is 2.97. The second-order valence-corrected chi connectivity index (χ2v) is 8.91. The Balaban J connectivity index is 1.82. The van der Waals surface area contributed by atoms with Gasteiger partial charge in [0.1, 0.15) is 17.5 Å². The molecule has 0 N–H and O–H groups in total. The summed E-state index contributed by atoms with van der Waals surface area (Å²) < 4.78 is 15.9. The molecule has 8 nitrogen and oxygen atoms in total. The second-order valence-electron chi connectivity index (χ2n) is 8.91. The number of benzene rings is 2. The van der Waals surface area contributed by atoms with Gasteiger partial charge in [-0.2, -0.15) is 0 Å². The van der Waals surface area contributed by atoms with E-state index in [1.54, 1.807) is 19.2 Å². The highest BCUT2D eigenvalue weighted by Crippen LogP contribution is 2.22. The minimum Gasteiger partial charge on any atom is -0.483 e. The highest BCUT2D eigenvalue weighted by Gasteiger charge is 2.31. The van der Waals surface area contributed by atoms with Gasteiger partial charge < -0.3 is 24.0 Å². The highest BCUT2D eigenvalue weighted by molar-refractivity contribution is 5.88. The lowest BCUT2D eigenvalue weighted by Gasteiger charge is -2.32. The second kappa shape index (κ2) is 13.5. The van der Waals surface area contributed by atoms with E-state index < -0.39 is 12.0 Å². The Bertz CT molecular complexity index is 1020. The number of likely N-dealkylation sites (N-methyl/N-ethyl adjacent to an activating group) is 1. The third kappa shape index (κ3) is 7.47. The third-order valence-corrected chi connectivity index (χ3v) is 6.40. The van der Waals surface area contributed by atoms with Crippen LogP contribution in [-0.2, 0) is 32.0 Å². The molecule has 0 aromatic heterocycles. The number of carbonyl (C=O) groups is 3. The molecule has 1 atom stereocenters. The summed E-state index contributed by atoms with van der Waals surface area (Å²) in [5.41, 5.74) is 1.87. The van der Waals surface area contributed by atoms with Crippen LogP contribution in [0.3, 0.4) is 0 Å². The first-order valence-electron chi connectivity index (χ1n) is 12.5. The van der Waals surface area contributed by atoms with Crippen molar-refractivity contribution in [3.8, 4) is 11.5 Å². The van der Waals surface area contributed by atoms with Crippen molar-refractivity contribution in [3.63, 3.8) is 0 Å². The van der Waals surface area contributed by atoms with Crippen molar-refractivity contribution >= 4 is 17.8 Å². The normalized spacial score (nSPS) is 16.6. The van der Waals surface area contributed by atoms with Gasteiger partial charge in [0.25, 0.3) is 5.91 Å². The van der Waals surface area contributed by atoms with Crippen molar-refractivity contribution in [3.05, 3.63) is 59.7 Å². The van der Waals surface area contributed by atoms with Crippen molar-refractivity contribution in [1.82, 2.24) is 9.80 Å². The lowest BCUT2D eigenvalue weighted by molar-refractivity contribution is -0.145. The van der Waals surface area contributed by atoms with E-state index in [4.69, 9.17) is 9.47 Å². The number of rotatable bonds is 9. The summed E-state index contributed by atoms with van der Waals surface area (Å²) >= 11 is 0. The van der Waals surface area contributed by atoms with Crippen LogP contribution in [0.5, 0.6) is 11.5 Å². The fourth-order valence-corrected chi connectivity index (χ4v) is 4.15. The first-order chi connectivity index (χ1) is 17.4. The third-order valence-electron chi connectivity index (χ3n) is 6.40. The van der Waals surface area contributed by atoms with Crippen LogP contribution in [0.15, 0.2) is 48.5 Å². The lowest BCUT2D eigenvalue weighted by Crippen LogP contribution is -2.52. The number of unbranched alkanes of at least 4 members (excludes halogenated alkanes) is 2. The minimum absolute atomic E-state index is 0.0626. The van der Waals surface area contributed by atoms with E-state index in [0.717, 1.165) is 30.4 Å². The predicted molar refractivity (Wildman–Crippen MR) is 136 cm³/mol. The number of methoxy groups -OCH3 is 1. The number of para-hydroxylation sites is 1. The van der Waals surface area contributed by atoms with Crippen molar-refractivity contribution in [2.24, 2.45) is 0 Å². The van der Waals surface area contributed by atoms with Crippen molar-refractivity contribution < 1.29 is 28.6 Å². The van der Waals surface area contributed by atoms with Gasteiger partial charge in [-0.1, -0.05) is 50.1 Å². The molecule has 1 aliphatic rings. The van der Waals surface area contributed by atoms with Gasteiger partial charge in [0.15, 0.2) is 13.2 Å². The van der Waals surface area contributed by atoms with Crippen molar-refractivity contribution in [2.75, 3.05) is 40.5 Å². The topological polar surface area (TPSA) is 85.4 Å². The average Bonchev–Trinajstić information content (AvgIpc) is 2.92. The van der Waals surface area contributed by atoms with E-state index in [1.165, 1.54) is 12.0 Å². The SMILES string of the molecule is CCCCCN1CCc2ccccc2OCC(=O)N(C)[C@@H](Cc2ccc(OCC(=O)OC)cc2)C1=O. The van der Waals surface area contributed by atoms with Crippen LogP contribution in [0, 0.1) is 0 Å². The number of nitrogens with zero attached hydrogens (tertiary/aromatic N) is 2. The molecule has 8 heteroatoms. The zero-order valence-electron chi connectivity index (χ0n) is 21.4. The quantitative estimate of drug-likeness (QED) is 0.391. The molecule has 2 aromatic carbocycles. The fourth-order valence-electron chi connectivity index (χ4n) is 4.15. The molecule has 194 valence electrons. The van der Waals surface area contributed by atoms with Crippen LogP contribution in [0.4, 0.5) is 0 Å². The average molecular weight is 497 g/mol. The summed E-state index contributed by atoms with van der Waals surface area (Å²) in [6.07, 6.45) is 4.03. The summed E-state index contributed by atoms with van der Waals surface area (Å²) in [6.45, 7) is 3.03. The minimum atomic E-state index is -0.661. The molecule has 0 bridgehead atoms. The van der Waals surface area contributed by atoms with Gasteiger partial charge in [-0.05, 0) is 42.2 Å². The monoisotopic (exact) mass is 496 g/mol. The van der Waals surface area contributed by atoms with Gasteiger partial charge in [-0.15, -0.1) is 0 Å². The van der Waals surface area contributed by atoms with Crippen molar-refractivity contribution in [1.29, 1.82) is 0 Å². The molecule has 1 aliphatic heterocycles. The number of amides is 2. The summed E-state index contributed by atoms with van der Waals surface area (Å²) in [4.78, 5) is 41.6. The number of carbonyl (C=O) groups excluding carboxylic acids is 3. The Morgan fingerprint density at radius 3 is 2.56 bits per heavy atom. The van der Waals surface area contributed by atoms with Crippen LogP contribution in [0.1, 0.15) is 37.3 Å². The Kier molecular flexibility index (Phi) is 10.2. The molecule has 0 spiro atoms. The standard InChI is InChI=1S/C28H36N2O6/c1-4-5-8-16-30-17-15-22-9-6-7-10-25(22)36-19-26(31)29(2)24(28(30)33)18-21-11-13-23(14-12-21)35-20-27(32)34-3/h6-7,9-14,24H,4-5,8,15-20H2,1-3H3/t24-/m0/s1.